The van der Waals surface area contributed by atoms with Gasteiger partial charge in [-0.25, -0.2) is 0 Å². The second-order valence-corrected chi connectivity index (χ2v) is 7.49. The number of hydrogen-bond donors (Lipinski definition) is 2. The van der Waals surface area contributed by atoms with Gasteiger partial charge in [0, 0.05) is 34.2 Å². The third-order valence-corrected chi connectivity index (χ3v) is 5.31. The van der Waals surface area contributed by atoms with E-state index in [1.54, 1.807) is 26.0 Å². The molecular weight excluding hydrogens is 512 g/mol. The summed E-state index contributed by atoms with van der Waals surface area (Å²) in [4.78, 5) is 18.3. The Balaban J connectivity index is 0.00000450. The van der Waals surface area contributed by atoms with Crippen molar-refractivity contribution in [2.24, 2.45) is 10.4 Å². The highest BCUT2D eigenvalue weighted by Gasteiger charge is 2.42. The Morgan fingerprint density at radius 3 is 2.37 bits per heavy atom. The van der Waals surface area contributed by atoms with Gasteiger partial charge in [-0.05, 0) is 30.5 Å². The molecule has 1 aliphatic carbocycles. The van der Waals surface area contributed by atoms with Crippen molar-refractivity contribution >= 4 is 35.8 Å². The lowest BCUT2D eigenvalue weighted by atomic mass is 9.84. The van der Waals surface area contributed by atoms with Crippen LogP contribution in [-0.4, -0.2) is 51.6 Å². The van der Waals surface area contributed by atoms with E-state index in [-0.39, 0.29) is 47.7 Å². The maximum atomic E-state index is 13.4. The third-order valence-electron chi connectivity index (χ3n) is 5.31. The molecule has 10 heteroatoms. The van der Waals surface area contributed by atoms with Crippen LogP contribution in [0.4, 0.5) is 13.2 Å². The molecule has 0 unspecified atom stereocenters. The first kappa shape index (κ1) is 26.3. The van der Waals surface area contributed by atoms with Crippen molar-refractivity contribution in [1.82, 2.24) is 15.5 Å². The number of guanidine groups is 1. The van der Waals surface area contributed by atoms with Crippen molar-refractivity contribution in [3.63, 3.8) is 0 Å². The quantitative estimate of drug-likeness (QED) is 0.328. The predicted molar refractivity (Wildman–Crippen MR) is 121 cm³/mol. The topological polar surface area (TPSA) is 66.0 Å². The first-order valence-electron chi connectivity index (χ1n) is 9.53. The lowest BCUT2D eigenvalue weighted by Gasteiger charge is -2.31. The van der Waals surface area contributed by atoms with Crippen LogP contribution < -0.4 is 15.4 Å². The maximum absolute atomic E-state index is 13.4. The number of benzene rings is 1. The molecule has 2 N–H and O–H groups in total. The van der Waals surface area contributed by atoms with E-state index < -0.39 is 17.2 Å². The summed E-state index contributed by atoms with van der Waals surface area (Å²) in [7, 11) is 6.34. The van der Waals surface area contributed by atoms with E-state index in [9.17, 15) is 18.0 Å². The second kappa shape index (κ2) is 11.1. The van der Waals surface area contributed by atoms with Gasteiger partial charge in [-0.3, -0.25) is 9.79 Å². The summed E-state index contributed by atoms with van der Waals surface area (Å²) in [5.74, 6) is 0.563. The Labute approximate surface area is 192 Å². The molecule has 2 rings (SSSR count). The molecule has 0 aromatic heterocycles. The van der Waals surface area contributed by atoms with E-state index in [4.69, 9.17) is 4.74 Å². The summed E-state index contributed by atoms with van der Waals surface area (Å²) < 4.78 is 45.0. The first-order valence-corrected chi connectivity index (χ1v) is 9.53. The van der Waals surface area contributed by atoms with E-state index >= 15 is 0 Å². The minimum Gasteiger partial charge on any atom is -0.497 e. The Kier molecular flexibility index (Phi) is 9.70. The lowest BCUT2D eigenvalue weighted by molar-refractivity contribution is -0.139. The van der Waals surface area contributed by atoms with Gasteiger partial charge in [0.1, 0.15) is 5.75 Å². The lowest BCUT2D eigenvalue weighted by Crippen LogP contribution is -2.49. The number of methoxy groups -OCH3 is 1. The Morgan fingerprint density at radius 1 is 1.23 bits per heavy atom. The number of halogens is 4. The molecule has 0 aliphatic heterocycles. The average Bonchev–Trinajstić information content (AvgIpc) is 3.16. The number of carbonyl (C=O) groups is 1. The zero-order valence-corrected chi connectivity index (χ0v) is 20.1. The monoisotopic (exact) mass is 542 g/mol. The third kappa shape index (κ3) is 6.39. The van der Waals surface area contributed by atoms with Gasteiger partial charge in [0.15, 0.2) is 5.96 Å². The summed E-state index contributed by atoms with van der Waals surface area (Å²) in [6, 6.07) is 3.86. The van der Waals surface area contributed by atoms with Crippen LogP contribution in [0.5, 0.6) is 5.75 Å². The van der Waals surface area contributed by atoms with Crippen LogP contribution in [0.25, 0.3) is 0 Å². The fourth-order valence-electron chi connectivity index (χ4n) is 3.75. The van der Waals surface area contributed by atoms with Crippen molar-refractivity contribution in [2.75, 3.05) is 34.8 Å². The highest BCUT2D eigenvalue weighted by Crippen LogP contribution is 2.39. The molecule has 0 radical (unpaired) electrons. The largest absolute Gasteiger partial charge is 0.497 e. The number of nitrogens with one attached hydrogen (secondary N) is 2. The highest BCUT2D eigenvalue weighted by molar-refractivity contribution is 14.0. The number of hydrogen-bond acceptors (Lipinski definition) is 3. The molecule has 1 fully saturated rings. The minimum atomic E-state index is -4.49. The summed E-state index contributed by atoms with van der Waals surface area (Å²) >= 11 is 0. The van der Waals surface area contributed by atoms with Crippen LogP contribution in [0.2, 0.25) is 0 Å². The van der Waals surface area contributed by atoms with Gasteiger partial charge in [-0.1, -0.05) is 18.9 Å². The molecule has 0 atom stereocenters. The van der Waals surface area contributed by atoms with E-state index in [0.717, 1.165) is 31.7 Å². The van der Waals surface area contributed by atoms with Gasteiger partial charge in [0.25, 0.3) is 0 Å². The molecule has 30 heavy (non-hydrogen) atoms. The van der Waals surface area contributed by atoms with Crippen LogP contribution in [0.15, 0.2) is 23.2 Å². The summed E-state index contributed by atoms with van der Waals surface area (Å²) in [5, 5.41) is 6.04. The minimum absolute atomic E-state index is 0. The van der Waals surface area contributed by atoms with Crippen molar-refractivity contribution < 1.29 is 22.7 Å². The Hall–Kier alpha value is -1.72. The van der Waals surface area contributed by atoms with Crippen LogP contribution >= 0.6 is 24.0 Å². The van der Waals surface area contributed by atoms with Gasteiger partial charge in [0.2, 0.25) is 5.91 Å². The normalized spacial score (nSPS) is 15.9. The van der Waals surface area contributed by atoms with Gasteiger partial charge in [0.05, 0.1) is 18.1 Å². The molecule has 0 heterocycles. The van der Waals surface area contributed by atoms with Crippen molar-refractivity contribution in [1.29, 1.82) is 0 Å². The molecule has 6 nitrogen and oxygen atoms in total. The van der Waals surface area contributed by atoms with Crippen LogP contribution in [0.3, 0.4) is 0 Å². The molecule has 1 amide bonds. The molecule has 0 spiro atoms. The van der Waals surface area contributed by atoms with Crippen LogP contribution in [0, 0.1) is 5.41 Å². The summed E-state index contributed by atoms with van der Waals surface area (Å²) in [6.45, 7) is 0.325. The zero-order valence-electron chi connectivity index (χ0n) is 17.7. The fourth-order valence-corrected chi connectivity index (χ4v) is 3.75. The number of carbonyl (C=O) groups excluding carboxylic acids is 1. The number of aliphatic imine (C=N–C) groups is 1. The molecule has 1 aliphatic rings. The second-order valence-electron chi connectivity index (χ2n) is 7.49. The first-order chi connectivity index (χ1) is 13.6. The van der Waals surface area contributed by atoms with Gasteiger partial charge in [-0.15, -0.1) is 24.0 Å². The molecule has 1 saturated carbocycles. The molecule has 170 valence electrons. The SMILES string of the molecule is CN=C(NCc1ccc(OC)cc1C(F)(F)F)NCC1(C(=O)N(C)C)CCCC1.I. The predicted octanol–water partition coefficient (Wildman–Crippen LogP) is 3.65. The van der Waals surface area contributed by atoms with Gasteiger partial charge >= 0.3 is 6.18 Å². The Bertz CT molecular complexity index is 748. The average molecular weight is 542 g/mol. The smallest absolute Gasteiger partial charge is 0.416 e. The molecule has 1 aromatic carbocycles. The van der Waals surface area contributed by atoms with Gasteiger partial charge < -0.3 is 20.3 Å². The maximum Gasteiger partial charge on any atom is 0.416 e. The molecule has 1 aromatic rings. The number of nitrogens with zero attached hydrogens (tertiary/aromatic N) is 2. The number of amides is 1. The number of ether oxygens (including phenoxy) is 1. The highest BCUT2D eigenvalue weighted by atomic mass is 127. The van der Waals surface area contributed by atoms with E-state index in [0.29, 0.717) is 12.5 Å². The number of rotatable bonds is 6. The van der Waals surface area contributed by atoms with E-state index in [1.165, 1.54) is 19.2 Å². The molecule has 0 bridgehead atoms. The summed E-state index contributed by atoms with van der Waals surface area (Å²) in [6.07, 6.45) is -0.966. The Morgan fingerprint density at radius 2 is 1.87 bits per heavy atom. The van der Waals surface area contributed by atoms with Gasteiger partial charge in [-0.2, -0.15) is 13.2 Å². The molecular formula is C20H30F3IN4O2. The number of alkyl halides is 3. The van der Waals surface area contributed by atoms with Crippen molar-refractivity contribution in [3.8, 4) is 5.75 Å². The van der Waals surface area contributed by atoms with E-state index in [2.05, 4.69) is 15.6 Å². The van der Waals surface area contributed by atoms with Crippen molar-refractivity contribution in [3.05, 3.63) is 29.3 Å². The van der Waals surface area contributed by atoms with E-state index in [1.807, 2.05) is 0 Å². The molecule has 0 saturated heterocycles. The standard InChI is InChI=1S/C20H29F3N4O2.HI/c1-24-18(26-13-19(9-5-6-10-19)17(28)27(2)3)25-12-14-7-8-15(29-4)11-16(14)20(21,22)23;/h7-8,11H,5-6,9-10,12-13H2,1-4H3,(H2,24,25,26);1H. The van der Waals surface area contributed by atoms with Crippen molar-refractivity contribution in [2.45, 2.75) is 38.4 Å². The summed E-state index contributed by atoms with van der Waals surface area (Å²) in [5.41, 5.74) is -1.17. The van der Waals surface area contributed by atoms with Crippen LogP contribution in [-0.2, 0) is 17.5 Å². The zero-order chi connectivity index (χ0) is 21.7. The fraction of sp³-hybridized carbons (Fsp3) is 0.600. The van der Waals surface area contributed by atoms with Crippen LogP contribution in [0.1, 0.15) is 36.8 Å².